The van der Waals surface area contributed by atoms with Gasteiger partial charge in [0.05, 0.1) is 17.6 Å². The molecule has 33 heavy (non-hydrogen) atoms. The monoisotopic (exact) mass is 487 g/mol. The summed E-state index contributed by atoms with van der Waals surface area (Å²) < 4.78 is 75.5. The van der Waals surface area contributed by atoms with Crippen LogP contribution in [-0.4, -0.2) is 37.6 Å². The molecule has 13 heteroatoms. The summed E-state index contributed by atoms with van der Waals surface area (Å²) in [5, 5.41) is 14.4. The zero-order valence-corrected chi connectivity index (χ0v) is 17.7. The van der Waals surface area contributed by atoms with Crippen LogP contribution in [0.5, 0.6) is 5.88 Å². The Morgan fingerprint density at radius 2 is 1.94 bits per heavy atom. The van der Waals surface area contributed by atoms with Crippen molar-refractivity contribution in [2.45, 2.75) is 36.7 Å². The molecular weight excluding hydrogens is 469 g/mol. The summed E-state index contributed by atoms with van der Waals surface area (Å²) in [6.07, 6.45) is -4.23. The Kier molecular flexibility index (Phi) is 6.54. The van der Waals surface area contributed by atoms with Gasteiger partial charge in [0.1, 0.15) is 11.3 Å². The summed E-state index contributed by atoms with van der Waals surface area (Å²) in [4.78, 5) is 7.35. The zero-order valence-electron chi connectivity index (χ0n) is 16.9. The first kappa shape index (κ1) is 23.4. The highest BCUT2D eigenvalue weighted by atomic mass is 32.2. The van der Waals surface area contributed by atoms with E-state index < -0.39 is 29.7 Å². The third-order valence-corrected chi connectivity index (χ3v) is 5.98. The molecule has 3 aromatic rings. The fourth-order valence-corrected chi connectivity index (χ4v) is 3.72. The van der Waals surface area contributed by atoms with Crippen molar-refractivity contribution >= 4 is 11.9 Å². The molecule has 3 aromatic heterocycles. The van der Waals surface area contributed by atoms with Gasteiger partial charge in [-0.2, -0.15) is 26.9 Å². The predicted molar refractivity (Wildman–Crippen MR) is 107 cm³/mol. The fraction of sp³-hybridized carbons (Fsp3) is 0.350. The lowest BCUT2D eigenvalue weighted by Gasteiger charge is -2.18. The van der Waals surface area contributed by atoms with Crippen LogP contribution >= 0.6 is 11.9 Å². The molecule has 0 aromatic carbocycles. The van der Waals surface area contributed by atoms with Crippen molar-refractivity contribution in [3.63, 3.8) is 0 Å². The zero-order chi connectivity index (χ0) is 23.6. The van der Waals surface area contributed by atoms with Gasteiger partial charge in [0.15, 0.2) is 5.82 Å². The van der Waals surface area contributed by atoms with Crippen molar-refractivity contribution in [2.75, 3.05) is 6.61 Å². The standard InChI is InChI=1S/C20H18F5N5O2S/c21-13-2-1-3-16(26-13)33-29-18(31)12-4-5-14(27-17(12)22)30-10-6-15(28-30)32-11-9-19(7-8-19)20(23,24)25/h1-6,10,18,29,31H,7-9,11H2. The number of hydrogen-bond acceptors (Lipinski definition) is 7. The van der Waals surface area contributed by atoms with Crippen LogP contribution in [0.1, 0.15) is 31.1 Å². The van der Waals surface area contributed by atoms with Gasteiger partial charge in [0.25, 0.3) is 0 Å². The van der Waals surface area contributed by atoms with E-state index in [0.717, 1.165) is 11.9 Å². The van der Waals surface area contributed by atoms with Crippen LogP contribution in [0.15, 0.2) is 47.6 Å². The second-order valence-corrected chi connectivity index (χ2v) is 8.30. The number of nitrogens with one attached hydrogen (secondary N) is 1. The number of aliphatic hydroxyl groups is 1. The molecule has 0 saturated heterocycles. The first-order chi connectivity index (χ1) is 15.7. The molecule has 0 aliphatic heterocycles. The van der Waals surface area contributed by atoms with Crippen LogP contribution in [0.25, 0.3) is 5.82 Å². The van der Waals surface area contributed by atoms with E-state index in [1.54, 1.807) is 0 Å². The topological polar surface area (TPSA) is 85.1 Å². The maximum atomic E-state index is 14.5. The van der Waals surface area contributed by atoms with Crippen LogP contribution < -0.4 is 9.46 Å². The van der Waals surface area contributed by atoms with Gasteiger partial charge in [-0.25, -0.2) is 14.4 Å². The van der Waals surface area contributed by atoms with E-state index in [0.29, 0.717) is 0 Å². The molecule has 0 spiro atoms. The van der Waals surface area contributed by atoms with Crippen molar-refractivity contribution in [1.82, 2.24) is 24.5 Å². The van der Waals surface area contributed by atoms with Crippen LogP contribution in [0.3, 0.4) is 0 Å². The number of ether oxygens (including phenoxy) is 1. The first-order valence-corrected chi connectivity index (χ1v) is 10.6. The Labute approximate surface area is 189 Å². The summed E-state index contributed by atoms with van der Waals surface area (Å²) in [6, 6.07) is 8.24. The van der Waals surface area contributed by atoms with E-state index in [9.17, 15) is 27.1 Å². The lowest BCUT2D eigenvalue weighted by Crippen LogP contribution is -2.26. The molecular formula is C20H18F5N5O2S. The number of aliphatic hydroxyl groups excluding tert-OH is 1. The van der Waals surface area contributed by atoms with E-state index in [1.165, 1.54) is 47.3 Å². The number of hydrogen-bond donors (Lipinski definition) is 2. The summed E-state index contributed by atoms with van der Waals surface area (Å²) in [7, 11) is 0. The molecule has 0 amide bonds. The average Bonchev–Trinajstić information content (AvgIpc) is 3.42. The van der Waals surface area contributed by atoms with Gasteiger partial charge >= 0.3 is 6.18 Å². The van der Waals surface area contributed by atoms with Gasteiger partial charge < -0.3 is 9.84 Å². The molecule has 7 nitrogen and oxygen atoms in total. The number of pyridine rings is 2. The SMILES string of the molecule is OC(NSc1cccc(F)n1)c1ccc(-n2ccc(OCCC3(C(F)(F)F)CC3)n2)nc1F. The van der Waals surface area contributed by atoms with E-state index in [4.69, 9.17) is 4.74 Å². The number of alkyl halides is 3. The molecule has 1 unspecified atom stereocenters. The molecule has 0 radical (unpaired) electrons. The summed E-state index contributed by atoms with van der Waals surface area (Å²) >= 11 is 0.815. The van der Waals surface area contributed by atoms with E-state index in [1.807, 2.05) is 0 Å². The summed E-state index contributed by atoms with van der Waals surface area (Å²) in [5.74, 6) is -1.51. The predicted octanol–water partition coefficient (Wildman–Crippen LogP) is 4.34. The van der Waals surface area contributed by atoms with Crippen molar-refractivity contribution in [1.29, 1.82) is 0 Å². The molecule has 1 atom stereocenters. The largest absolute Gasteiger partial charge is 0.477 e. The summed E-state index contributed by atoms with van der Waals surface area (Å²) in [5.41, 5.74) is -1.82. The van der Waals surface area contributed by atoms with Crippen LogP contribution in [-0.2, 0) is 0 Å². The molecule has 4 rings (SSSR count). The molecule has 176 valence electrons. The number of rotatable bonds is 9. The van der Waals surface area contributed by atoms with Gasteiger partial charge in [-0.1, -0.05) is 6.07 Å². The van der Waals surface area contributed by atoms with Gasteiger partial charge in [0, 0.05) is 12.3 Å². The molecule has 1 fully saturated rings. The Bertz CT molecular complexity index is 1120. The van der Waals surface area contributed by atoms with Crippen LogP contribution in [0, 0.1) is 17.3 Å². The quantitative estimate of drug-likeness (QED) is 0.201. The van der Waals surface area contributed by atoms with Gasteiger partial charge in [0.2, 0.25) is 17.8 Å². The van der Waals surface area contributed by atoms with Crippen molar-refractivity contribution in [3.8, 4) is 11.7 Å². The van der Waals surface area contributed by atoms with E-state index in [2.05, 4.69) is 19.8 Å². The molecule has 3 heterocycles. The molecule has 0 bridgehead atoms. The maximum Gasteiger partial charge on any atom is 0.394 e. The van der Waals surface area contributed by atoms with Crippen LogP contribution in [0.2, 0.25) is 0 Å². The van der Waals surface area contributed by atoms with Crippen molar-refractivity contribution in [3.05, 3.63) is 60.1 Å². The van der Waals surface area contributed by atoms with Crippen molar-refractivity contribution < 1.29 is 31.8 Å². The van der Waals surface area contributed by atoms with Gasteiger partial charge in [-0.3, -0.25) is 0 Å². The number of halogens is 5. The first-order valence-electron chi connectivity index (χ1n) is 9.82. The van der Waals surface area contributed by atoms with Gasteiger partial charge in [-0.15, -0.1) is 5.10 Å². The van der Waals surface area contributed by atoms with Crippen LogP contribution in [0.4, 0.5) is 22.0 Å². The third kappa shape index (κ3) is 5.42. The fourth-order valence-electron chi connectivity index (χ4n) is 3.08. The van der Waals surface area contributed by atoms with E-state index >= 15 is 0 Å². The lowest BCUT2D eigenvalue weighted by atomic mass is 10.0. The lowest BCUT2D eigenvalue weighted by molar-refractivity contribution is -0.190. The average molecular weight is 487 g/mol. The Morgan fingerprint density at radius 3 is 2.61 bits per heavy atom. The highest BCUT2D eigenvalue weighted by Crippen LogP contribution is 2.59. The minimum absolute atomic E-state index is 0.0757. The number of aromatic nitrogens is 4. The van der Waals surface area contributed by atoms with Crippen molar-refractivity contribution in [2.24, 2.45) is 5.41 Å². The molecule has 1 aliphatic carbocycles. The highest BCUT2D eigenvalue weighted by Gasteiger charge is 2.62. The Morgan fingerprint density at radius 1 is 1.15 bits per heavy atom. The minimum Gasteiger partial charge on any atom is -0.477 e. The second kappa shape index (κ2) is 9.23. The molecule has 2 N–H and O–H groups in total. The highest BCUT2D eigenvalue weighted by molar-refractivity contribution is 7.97. The van der Waals surface area contributed by atoms with E-state index in [-0.39, 0.29) is 48.2 Å². The number of nitrogens with zero attached hydrogens (tertiary/aromatic N) is 4. The molecule has 1 aliphatic rings. The Hall–Kier alpha value is -2.77. The third-order valence-electron chi connectivity index (χ3n) is 5.21. The summed E-state index contributed by atoms with van der Waals surface area (Å²) in [6.45, 7) is -0.146. The minimum atomic E-state index is -4.25. The smallest absolute Gasteiger partial charge is 0.394 e. The van der Waals surface area contributed by atoms with Gasteiger partial charge in [-0.05, 0) is 55.5 Å². The molecule has 1 saturated carbocycles. The Balaban J connectivity index is 1.34. The maximum absolute atomic E-state index is 14.5. The normalized spacial score (nSPS) is 15.9. The second-order valence-electron chi connectivity index (χ2n) is 7.45.